The fraction of sp³-hybridized carbons (Fsp3) is 0.0435. The molecule has 0 unspecified atom stereocenters. The number of hydrazone groups is 1. The second kappa shape index (κ2) is 7.98. The van der Waals surface area contributed by atoms with Crippen LogP contribution >= 0.6 is 11.3 Å². The molecule has 0 amide bonds. The number of rotatable bonds is 5. The third-order valence-corrected chi connectivity index (χ3v) is 5.04. The number of nitrogens with one attached hydrogen (secondary N) is 1. The van der Waals surface area contributed by atoms with Crippen molar-refractivity contribution in [2.24, 2.45) is 5.10 Å². The number of hydrogen-bond acceptors (Lipinski definition) is 4. The average molecular weight is 369 g/mol. The molecule has 4 aromatic rings. The summed E-state index contributed by atoms with van der Waals surface area (Å²) in [5, 5.41) is 7.16. The molecule has 0 saturated heterocycles. The van der Waals surface area contributed by atoms with Crippen LogP contribution in [0.5, 0.6) is 0 Å². The van der Waals surface area contributed by atoms with E-state index in [-0.39, 0.29) is 0 Å². The van der Waals surface area contributed by atoms with Crippen molar-refractivity contribution in [3.8, 4) is 22.4 Å². The van der Waals surface area contributed by atoms with Crippen LogP contribution in [-0.2, 0) is 0 Å². The lowest BCUT2D eigenvalue weighted by molar-refractivity contribution is 1.29. The first kappa shape index (κ1) is 17.2. The normalized spacial score (nSPS) is 11.0. The minimum atomic E-state index is 0.778. The van der Waals surface area contributed by atoms with Crippen molar-refractivity contribution in [3.05, 3.63) is 95.4 Å². The van der Waals surface area contributed by atoms with Crippen molar-refractivity contribution >= 4 is 22.7 Å². The van der Waals surface area contributed by atoms with Crippen molar-refractivity contribution in [1.82, 2.24) is 4.98 Å². The zero-order valence-corrected chi connectivity index (χ0v) is 15.8. The molecule has 0 radical (unpaired) electrons. The summed E-state index contributed by atoms with van der Waals surface area (Å²) in [7, 11) is 0. The Morgan fingerprint density at radius 3 is 2.52 bits per heavy atom. The van der Waals surface area contributed by atoms with E-state index in [0.29, 0.717) is 0 Å². The lowest BCUT2D eigenvalue weighted by atomic mass is 9.99. The first-order valence-electron chi connectivity index (χ1n) is 8.76. The summed E-state index contributed by atoms with van der Waals surface area (Å²) in [5.74, 6) is 0. The topological polar surface area (TPSA) is 37.3 Å². The molecule has 0 spiro atoms. The smallest absolute Gasteiger partial charge is 0.203 e. The second-order valence-corrected chi connectivity index (χ2v) is 7.07. The Kier molecular flexibility index (Phi) is 5.08. The zero-order valence-electron chi connectivity index (χ0n) is 15.0. The molecule has 0 aliphatic rings. The Balaban J connectivity index is 1.47. The number of anilines is 1. The molecular formula is C23H19N3S. The SMILES string of the molecule is Cc1ccccc1-c1cccc(C=NNc2nc(-c3ccccc3)cs2)c1. The zero-order chi connectivity index (χ0) is 18.5. The first-order chi connectivity index (χ1) is 13.3. The molecule has 1 aromatic heterocycles. The van der Waals surface area contributed by atoms with E-state index in [2.05, 4.69) is 77.0 Å². The predicted octanol–water partition coefficient (Wildman–Crippen LogP) is 6.23. The van der Waals surface area contributed by atoms with Gasteiger partial charge in [0.1, 0.15) is 0 Å². The van der Waals surface area contributed by atoms with Crippen molar-refractivity contribution in [2.45, 2.75) is 6.92 Å². The minimum Gasteiger partial charge on any atom is -0.253 e. The largest absolute Gasteiger partial charge is 0.253 e. The van der Waals surface area contributed by atoms with E-state index in [1.54, 1.807) is 11.3 Å². The highest BCUT2D eigenvalue weighted by molar-refractivity contribution is 7.14. The third kappa shape index (κ3) is 4.13. The minimum absolute atomic E-state index is 0.778. The Bertz CT molecular complexity index is 1070. The monoisotopic (exact) mass is 369 g/mol. The Labute approximate surface area is 163 Å². The average Bonchev–Trinajstić information content (AvgIpc) is 3.18. The van der Waals surface area contributed by atoms with E-state index in [1.807, 2.05) is 35.9 Å². The molecule has 0 aliphatic carbocycles. The number of thiazole rings is 1. The van der Waals surface area contributed by atoms with Crippen LogP contribution in [0.15, 0.2) is 89.3 Å². The fourth-order valence-corrected chi connectivity index (χ4v) is 3.58. The van der Waals surface area contributed by atoms with Gasteiger partial charge in [-0.2, -0.15) is 5.10 Å². The molecule has 132 valence electrons. The standard InChI is InChI=1S/C23H19N3S/c1-17-8-5-6-13-21(17)20-12-7-9-18(14-20)15-24-26-23-25-22(16-27-23)19-10-3-2-4-11-19/h2-16H,1H3,(H,25,26). The number of aryl methyl sites for hydroxylation is 1. The van der Waals surface area contributed by atoms with Crippen LogP contribution < -0.4 is 5.43 Å². The quantitative estimate of drug-likeness (QED) is 0.334. The van der Waals surface area contributed by atoms with Crippen LogP contribution in [0.1, 0.15) is 11.1 Å². The van der Waals surface area contributed by atoms with Gasteiger partial charge in [-0.25, -0.2) is 4.98 Å². The van der Waals surface area contributed by atoms with E-state index in [0.717, 1.165) is 22.0 Å². The molecule has 0 saturated carbocycles. The van der Waals surface area contributed by atoms with Gasteiger partial charge in [-0.15, -0.1) is 11.3 Å². The van der Waals surface area contributed by atoms with Crippen molar-refractivity contribution < 1.29 is 0 Å². The maximum Gasteiger partial charge on any atom is 0.203 e. The highest BCUT2D eigenvalue weighted by Crippen LogP contribution is 2.25. The van der Waals surface area contributed by atoms with Gasteiger partial charge < -0.3 is 0 Å². The van der Waals surface area contributed by atoms with E-state index in [4.69, 9.17) is 0 Å². The summed E-state index contributed by atoms with van der Waals surface area (Å²) < 4.78 is 0. The summed E-state index contributed by atoms with van der Waals surface area (Å²) in [4.78, 5) is 4.58. The summed E-state index contributed by atoms with van der Waals surface area (Å²) in [6.07, 6.45) is 1.82. The molecule has 0 aliphatic heterocycles. The molecule has 0 bridgehead atoms. The number of nitrogens with zero attached hydrogens (tertiary/aromatic N) is 2. The molecule has 27 heavy (non-hydrogen) atoms. The predicted molar refractivity (Wildman–Crippen MR) is 115 cm³/mol. The number of benzene rings is 3. The third-order valence-electron chi connectivity index (χ3n) is 4.29. The second-order valence-electron chi connectivity index (χ2n) is 6.21. The molecular weight excluding hydrogens is 350 g/mol. The van der Waals surface area contributed by atoms with Crippen LogP contribution in [0, 0.1) is 6.92 Å². The Hall–Kier alpha value is -3.24. The van der Waals surface area contributed by atoms with Crippen LogP contribution in [0.2, 0.25) is 0 Å². The van der Waals surface area contributed by atoms with Crippen LogP contribution in [0.3, 0.4) is 0 Å². The molecule has 4 rings (SSSR count). The lowest BCUT2D eigenvalue weighted by Crippen LogP contribution is -1.91. The summed E-state index contributed by atoms with van der Waals surface area (Å²) in [6.45, 7) is 2.13. The van der Waals surface area contributed by atoms with Gasteiger partial charge in [-0.3, -0.25) is 5.43 Å². The molecule has 4 heteroatoms. The van der Waals surface area contributed by atoms with Gasteiger partial charge in [0.2, 0.25) is 5.13 Å². The summed E-state index contributed by atoms with van der Waals surface area (Å²) in [5.41, 5.74) is 9.84. The van der Waals surface area contributed by atoms with Gasteiger partial charge in [0.05, 0.1) is 11.9 Å². The van der Waals surface area contributed by atoms with Crippen molar-refractivity contribution in [2.75, 3.05) is 5.43 Å². The number of hydrogen-bond donors (Lipinski definition) is 1. The molecule has 1 N–H and O–H groups in total. The van der Waals surface area contributed by atoms with Gasteiger partial charge in [-0.1, -0.05) is 72.8 Å². The molecule has 3 nitrogen and oxygen atoms in total. The molecule has 0 atom stereocenters. The first-order valence-corrected chi connectivity index (χ1v) is 9.64. The highest BCUT2D eigenvalue weighted by Gasteiger charge is 2.03. The fourth-order valence-electron chi connectivity index (χ4n) is 2.91. The Morgan fingerprint density at radius 2 is 1.67 bits per heavy atom. The van der Waals surface area contributed by atoms with E-state index in [9.17, 15) is 0 Å². The number of aromatic nitrogens is 1. The van der Waals surface area contributed by atoms with Gasteiger partial charge in [-0.05, 0) is 35.2 Å². The van der Waals surface area contributed by atoms with E-state index in [1.165, 1.54) is 16.7 Å². The summed E-state index contributed by atoms with van der Waals surface area (Å²) in [6, 6.07) is 26.9. The van der Waals surface area contributed by atoms with E-state index >= 15 is 0 Å². The van der Waals surface area contributed by atoms with Crippen LogP contribution in [-0.4, -0.2) is 11.2 Å². The van der Waals surface area contributed by atoms with Gasteiger partial charge in [0.15, 0.2) is 0 Å². The molecule has 1 heterocycles. The molecule has 0 fully saturated rings. The molecule has 3 aromatic carbocycles. The van der Waals surface area contributed by atoms with E-state index < -0.39 is 0 Å². The van der Waals surface area contributed by atoms with Gasteiger partial charge in [0, 0.05) is 10.9 Å². The Morgan fingerprint density at radius 1 is 0.889 bits per heavy atom. The van der Waals surface area contributed by atoms with Crippen LogP contribution in [0.4, 0.5) is 5.13 Å². The van der Waals surface area contributed by atoms with Gasteiger partial charge >= 0.3 is 0 Å². The summed E-state index contributed by atoms with van der Waals surface area (Å²) >= 11 is 1.55. The maximum absolute atomic E-state index is 4.58. The van der Waals surface area contributed by atoms with Crippen LogP contribution in [0.25, 0.3) is 22.4 Å². The van der Waals surface area contributed by atoms with Crippen molar-refractivity contribution in [1.29, 1.82) is 0 Å². The van der Waals surface area contributed by atoms with Gasteiger partial charge in [0.25, 0.3) is 0 Å². The lowest BCUT2D eigenvalue weighted by Gasteiger charge is -2.06. The maximum atomic E-state index is 4.58. The van der Waals surface area contributed by atoms with Crippen molar-refractivity contribution in [3.63, 3.8) is 0 Å². The highest BCUT2D eigenvalue weighted by atomic mass is 32.1.